The van der Waals surface area contributed by atoms with Gasteiger partial charge in [-0.3, -0.25) is 9.59 Å². The van der Waals surface area contributed by atoms with Crippen LogP contribution in [0.15, 0.2) is 0 Å². The third-order valence-electron chi connectivity index (χ3n) is 2.60. The van der Waals surface area contributed by atoms with Gasteiger partial charge in [-0.1, -0.05) is 0 Å². The molecule has 1 atom stereocenters. The first-order chi connectivity index (χ1) is 7.06. The fourth-order valence-corrected chi connectivity index (χ4v) is 1.57. The van der Waals surface area contributed by atoms with Crippen LogP contribution in [-0.2, 0) is 9.59 Å². The molecule has 86 valence electrons. The molecule has 0 spiro atoms. The molecular formula is C10H18N2O3. The molecule has 15 heavy (non-hydrogen) atoms. The second-order valence-corrected chi connectivity index (χ2v) is 3.81. The number of hydrogen-bond acceptors (Lipinski definition) is 3. The lowest BCUT2D eigenvalue weighted by Gasteiger charge is -2.33. The van der Waals surface area contributed by atoms with Crippen molar-refractivity contribution >= 4 is 11.8 Å². The average Bonchev–Trinajstić information content (AvgIpc) is 2.20. The molecule has 1 rings (SSSR count). The number of aliphatic hydroxyl groups is 1. The van der Waals surface area contributed by atoms with E-state index in [0.717, 1.165) is 0 Å². The standard InChI is InChI=1S/C10H18N2O3/c1-3-11-6-7-12(5-4-8(2)13)10(15)9(11)14/h8,13H,3-7H2,1-2H3. The third kappa shape index (κ3) is 2.92. The maximum absolute atomic E-state index is 11.6. The number of rotatable bonds is 4. The molecule has 1 unspecified atom stereocenters. The Bertz CT molecular complexity index is 253. The summed E-state index contributed by atoms with van der Waals surface area (Å²) in [6, 6.07) is 0. The Hall–Kier alpha value is -1.10. The summed E-state index contributed by atoms with van der Waals surface area (Å²) in [4.78, 5) is 26.1. The molecule has 5 heteroatoms. The fraction of sp³-hybridized carbons (Fsp3) is 0.800. The van der Waals surface area contributed by atoms with Gasteiger partial charge in [0.15, 0.2) is 0 Å². The van der Waals surface area contributed by atoms with Gasteiger partial charge in [-0.25, -0.2) is 0 Å². The molecule has 0 aliphatic carbocycles. The molecule has 0 aromatic heterocycles. The van der Waals surface area contributed by atoms with Gasteiger partial charge in [0.05, 0.1) is 6.10 Å². The quantitative estimate of drug-likeness (QED) is 0.639. The largest absolute Gasteiger partial charge is 0.393 e. The number of likely N-dealkylation sites (N-methyl/N-ethyl adjacent to an activating group) is 1. The van der Waals surface area contributed by atoms with Crippen molar-refractivity contribution in [1.29, 1.82) is 0 Å². The normalized spacial score (nSPS) is 19.7. The fourth-order valence-electron chi connectivity index (χ4n) is 1.57. The highest BCUT2D eigenvalue weighted by molar-refractivity contribution is 6.35. The van der Waals surface area contributed by atoms with Crippen LogP contribution in [0.5, 0.6) is 0 Å². The van der Waals surface area contributed by atoms with Crippen molar-refractivity contribution in [3.05, 3.63) is 0 Å². The van der Waals surface area contributed by atoms with Gasteiger partial charge in [0.25, 0.3) is 0 Å². The minimum absolute atomic E-state index is 0.422. The number of carbonyl (C=O) groups is 2. The molecule has 0 bridgehead atoms. The van der Waals surface area contributed by atoms with Crippen LogP contribution in [0, 0.1) is 0 Å². The van der Waals surface area contributed by atoms with Crippen LogP contribution in [0.1, 0.15) is 20.3 Å². The number of aliphatic hydroxyl groups excluding tert-OH is 1. The SMILES string of the molecule is CCN1CCN(CCC(C)O)C(=O)C1=O. The van der Waals surface area contributed by atoms with Crippen molar-refractivity contribution < 1.29 is 14.7 Å². The lowest BCUT2D eigenvalue weighted by molar-refractivity contribution is -0.156. The zero-order chi connectivity index (χ0) is 11.4. The average molecular weight is 214 g/mol. The molecule has 5 nitrogen and oxygen atoms in total. The first kappa shape index (κ1) is 12.0. The van der Waals surface area contributed by atoms with Crippen molar-refractivity contribution in [2.75, 3.05) is 26.2 Å². The smallest absolute Gasteiger partial charge is 0.312 e. The van der Waals surface area contributed by atoms with Crippen LogP contribution in [-0.4, -0.2) is 59.0 Å². The van der Waals surface area contributed by atoms with Gasteiger partial charge >= 0.3 is 11.8 Å². The second kappa shape index (κ2) is 5.11. The highest BCUT2D eigenvalue weighted by atomic mass is 16.3. The second-order valence-electron chi connectivity index (χ2n) is 3.81. The predicted octanol–water partition coefficient (Wildman–Crippen LogP) is -0.552. The number of nitrogens with zero attached hydrogens (tertiary/aromatic N) is 2. The summed E-state index contributed by atoms with van der Waals surface area (Å²) in [5.74, 6) is -0.863. The van der Waals surface area contributed by atoms with Gasteiger partial charge in [-0.2, -0.15) is 0 Å². The molecule has 0 aromatic carbocycles. The summed E-state index contributed by atoms with van der Waals surface area (Å²) in [6.07, 6.45) is 0.0858. The first-order valence-electron chi connectivity index (χ1n) is 5.32. The molecule has 0 radical (unpaired) electrons. The van der Waals surface area contributed by atoms with Crippen LogP contribution in [0.25, 0.3) is 0 Å². The highest BCUT2D eigenvalue weighted by Gasteiger charge is 2.31. The van der Waals surface area contributed by atoms with Crippen molar-refractivity contribution in [3.8, 4) is 0 Å². The minimum Gasteiger partial charge on any atom is -0.393 e. The molecule has 1 aliphatic heterocycles. The Labute approximate surface area is 89.7 Å². The molecule has 1 N–H and O–H groups in total. The molecule has 1 saturated heterocycles. The van der Waals surface area contributed by atoms with E-state index in [2.05, 4.69) is 0 Å². The summed E-state index contributed by atoms with van der Waals surface area (Å²) in [6.45, 7) is 5.74. The number of hydrogen-bond donors (Lipinski definition) is 1. The van der Waals surface area contributed by atoms with Crippen LogP contribution < -0.4 is 0 Å². The molecule has 1 aliphatic rings. The molecule has 0 saturated carbocycles. The van der Waals surface area contributed by atoms with Crippen molar-refractivity contribution in [2.24, 2.45) is 0 Å². The molecule has 2 amide bonds. The zero-order valence-electron chi connectivity index (χ0n) is 9.27. The third-order valence-corrected chi connectivity index (χ3v) is 2.60. The van der Waals surface area contributed by atoms with Crippen molar-refractivity contribution in [3.63, 3.8) is 0 Å². The van der Waals surface area contributed by atoms with E-state index >= 15 is 0 Å². The van der Waals surface area contributed by atoms with Gasteiger partial charge < -0.3 is 14.9 Å². The van der Waals surface area contributed by atoms with E-state index in [0.29, 0.717) is 32.6 Å². The molecule has 1 heterocycles. The summed E-state index contributed by atoms with van der Waals surface area (Å²) < 4.78 is 0. The minimum atomic E-state index is -0.441. The van der Waals surface area contributed by atoms with E-state index in [-0.39, 0.29) is 0 Å². The maximum Gasteiger partial charge on any atom is 0.312 e. The summed E-state index contributed by atoms with van der Waals surface area (Å²) in [7, 11) is 0. The lowest BCUT2D eigenvalue weighted by Crippen LogP contribution is -2.54. The number of amides is 2. The van der Waals surface area contributed by atoms with Gasteiger partial charge in [-0.15, -0.1) is 0 Å². The van der Waals surface area contributed by atoms with Crippen molar-refractivity contribution in [2.45, 2.75) is 26.4 Å². The summed E-state index contributed by atoms with van der Waals surface area (Å²) in [5.41, 5.74) is 0. The molecule has 1 fully saturated rings. The van der Waals surface area contributed by atoms with Crippen LogP contribution in [0.2, 0.25) is 0 Å². The van der Waals surface area contributed by atoms with Gasteiger partial charge in [0.2, 0.25) is 0 Å². The highest BCUT2D eigenvalue weighted by Crippen LogP contribution is 2.06. The van der Waals surface area contributed by atoms with E-state index in [1.807, 2.05) is 6.92 Å². The van der Waals surface area contributed by atoms with Crippen LogP contribution >= 0.6 is 0 Å². The lowest BCUT2D eigenvalue weighted by atomic mass is 10.2. The first-order valence-corrected chi connectivity index (χ1v) is 5.32. The van der Waals surface area contributed by atoms with Gasteiger partial charge in [0, 0.05) is 26.2 Å². The van der Waals surface area contributed by atoms with E-state index in [1.165, 1.54) is 4.90 Å². The monoisotopic (exact) mass is 214 g/mol. The molecule has 0 aromatic rings. The van der Waals surface area contributed by atoms with E-state index in [9.17, 15) is 9.59 Å². The van der Waals surface area contributed by atoms with E-state index < -0.39 is 17.9 Å². The Morgan fingerprint density at radius 2 is 1.80 bits per heavy atom. The van der Waals surface area contributed by atoms with E-state index in [1.54, 1.807) is 11.8 Å². The van der Waals surface area contributed by atoms with Gasteiger partial charge in [-0.05, 0) is 20.3 Å². The Balaban J connectivity index is 2.49. The number of piperazine rings is 1. The van der Waals surface area contributed by atoms with Gasteiger partial charge in [0.1, 0.15) is 0 Å². The van der Waals surface area contributed by atoms with Crippen molar-refractivity contribution in [1.82, 2.24) is 9.80 Å². The van der Waals surface area contributed by atoms with Crippen LogP contribution in [0.3, 0.4) is 0 Å². The molecular weight excluding hydrogens is 196 g/mol. The summed E-state index contributed by atoms with van der Waals surface area (Å²) >= 11 is 0. The topological polar surface area (TPSA) is 60.9 Å². The Kier molecular flexibility index (Phi) is 4.08. The zero-order valence-corrected chi connectivity index (χ0v) is 9.27. The predicted molar refractivity (Wildman–Crippen MR) is 55.1 cm³/mol. The Morgan fingerprint density at radius 1 is 1.27 bits per heavy atom. The van der Waals surface area contributed by atoms with E-state index in [4.69, 9.17) is 5.11 Å². The number of carbonyl (C=O) groups excluding carboxylic acids is 2. The summed E-state index contributed by atoms with van der Waals surface area (Å²) in [5, 5.41) is 9.10. The van der Waals surface area contributed by atoms with Crippen LogP contribution in [0.4, 0.5) is 0 Å². The maximum atomic E-state index is 11.6. The Morgan fingerprint density at radius 3 is 2.33 bits per heavy atom.